The van der Waals surface area contributed by atoms with Crippen LogP contribution in [-0.2, 0) is 0 Å². The highest BCUT2D eigenvalue weighted by atomic mass is 16.4. The molecule has 0 spiro atoms. The Hall–Kier alpha value is -4.58. The maximum absolute atomic E-state index is 14.1. The van der Waals surface area contributed by atoms with Gasteiger partial charge < -0.3 is 10.0 Å². The zero-order chi connectivity index (χ0) is 28.1. The summed E-state index contributed by atoms with van der Waals surface area (Å²) < 4.78 is 0. The van der Waals surface area contributed by atoms with Gasteiger partial charge in [0.15, 0.2) is 0 Å². The van der Waals surface area contributed by atoms with Crippen LogP contribution < -0.4 is 0 Å². The number of carboxylic acid groups (broad SMARTS) is 1. The van der Waals surface area contributed by atoms with E-state index in [0.717, 1.165) is 34.1 Å². The molecule has 0 saturated heterocycles. The number of aromatic nitrogens is 2. The molecule has 6 nitrogen and oxygen atoms in total. The van der Waals surface area contributed by atoms with Gasteiger partial charge >= 0.3 is 5.97 Å². The van der Waals surface area contributed by atoms with Crippen LogP contribution in [0.15, 0.2) is 96.8 Å². The molecule has 2 aliphatic rings. The van der Waals surface area contributed by atoms with Crippen molar-refractivity contribution in [3.05, 3.63) is 114 Å². The Bertz CT molecular complexity index is 1700. The zero-order valence-electron chi connectivity index (χ0n) is 22.9. The van der Waals surface area contributed by atoms with Crippen molar-refractivity contribution < 1.29 is 14.7 Å². The van der Waals surface area contributed by atoms with E-state index in [1.165, 1.54) is 11.1 Å². The van der Waals surface area contributed by atoms with Crippen molar-refractivity contribution in [2.45, 2.75) is 27.2 Å². The van der Waals surface area contributed by atoms with Crippen molar-refractivity contribution in [2.24, 2.45) is 10.8 Å². The third-order valence-electron chi connectivity index (χ3n) is 8.44. The van der Waals surface area contributed by atoms with Gasteiger partial charge in [-0.3, -0.25) is 9.78 Å². The summed E-state index contributed by atoms with van der Waals surface area (Å²) in [5.41, 5.74) is 6.39. The van der Waals surface area contributed by atoms with Gasteiger partial charge in [-0.1, -0.05) is 68.8 Å². The molecule has 2 aromatic carbocycles. The van der Waals surface area contributed by atoms with E-state index in [4.69, 9.17) is 4.98 Å². The lowest BCUT2D eigenvalue weighted by molar-refractivity contribution is 0.0680. The minimum atomic E-state index is -0.926. The van der Waals surface area contributed by atoms with E-state index < -0.39 is 5.97 Å². The Morgan fingerprint density at radius 2 is 1.70 bits per heavy atom. The second-order valence-electron chi connectivity index (χ2n) is 11.5. The normalized spacial score (nSPS) is 19.9. The number of carbonyl (C=O) groups excluding carboxylic acids is 1. The number of rotatable bonds is 4. The molecule has 1 aliphatic carbocycles. The van der Waals surface area contributed by atoms with Gasteiger partial charge in [0.2, 0.25) is 0 Å². The number of aromatic carboxylic acids is 1. The largest absolute Gasteiger partial charge is 0.478 e. The second-order valence-corrected chi connectivity index (χ2v) is 11.5. The van der Waals surface area contributed by atoms with Crippen molar-refractivity contribution in [1.82, 2.24) is 14.9 Å². The van der Waals surface area contributed by atoms with Crippen LogP contribution in [-0.4, -0.2) is 44.9 Å². The van der Waals surface area contributed by atoms with Gasteiger partial charge in [-0.2, -0.15) is 0 Å². The van der Waals surface area contributed by atoms with Crippen LogP contribution in [0.25, 0.3) is 27.7 Å². The van der Waals surface area contributed by atoms with Crippen LogP contribution >= 0.6 is 0 Å². The molecule has 3 heterocycles. The van der Waals surface area contributed by atoms with Crippen LogP contribution in [0, 0.1) is 10.8 Å². The molecule has 1 amide bonds. The maximum Gasteiger partial charge on any atom is 0.335 e. The van der Waals surface area contributed by atoms with Gasteiger partial charge in [0, 0.05) is 47.3 Å². The molecule has 6 heteroatoms. The van der Waals surface area contributed by atoms with E-state index in [9.17, 15) is 14.7 Å². The van der Waals surface area contributed by atoms with Gasteiger partial charge in [-0.05, 0) is 54.0 Å². The number of amides is 1. The van der Waals surface area contributed by atoms with Crippen molar-refractivity contribution in [3.8, 4) is 11.3 Å². The summed E-state index contributed by atoms with van der Waals surface area (Å²) in [5, 5.41) is 10.1. The minimum Gasteiger partial charge on any atom is -0.478 e. The van der Waals surface area contributed by atoms with Gasteiger partial charge in [0.05, 0.1) is 22.3 Å². The molecule has 0 saturated carbocycles. The Kier molecular flexibility index (Phi) is 6.14. The quantitative estimate of drug-likeness (QED) is 0.291. The smallest absolute Gasteiger partial charge is 0.335 e. The Labute approximate surface area is 233 Å². The average Bonchev–Trinajstić information content (AvgIpc) is 2.96. The van der Waals surface area contributed by atoms with Crippen LogP contribution in [0.2, 0.25) is 0 Å². The number of allylic oxidation sites excluding steroid dienone is 2. The van der Waals surface area contributed by atoms with Crippen molar-refractivity contribution in [1.29, 1.82) is 0 Å². The first-order valence-corrected chi connectivity index (χ1v) is 13.5. The van der Waals surface area contributed by atoms with Crippen LogP contribution in [0.5, 0.6) is 0 Å². The molecule has 200 valence electrons. The summed E-state index contributed by atoms with van der Waals surface area (Å²) in [6.07, 6.45) is 8.78. The van der Waals surface area contributed by atoms with Crippen molar-refractivity contribution in [3.63, 3.8) is 0 Å². The predicted molar refractivity (Wildman–Crippen MR) is 157 cm³/mol. The van der Waals surface area contributed by atoms with E-state index in [2.05, 4.69) is 37.9 Å². The maximum atomic E-state index is 14.1. The highest BCUT2D eigenvalue weighted by molar-refractivity contribution is 6.07. The molecule has 0 radical (unpaired) electrons. The number of carbonyl (C=O) groups is 2. The molecule has 40 heavy (non-hydrogen) atoms. The van der Waals surface area contributed by atoms with Gasteiger partial charge in [0.1, 0.15) is 0 Å². The first-order chi connectivity index (χ1) is 19.2. The predicted octanol–water partition coefficient (Wildman–Crippen LogP) is 6.90. The molecule has 1 aliphatic heterocycles. The van der Waals surface area contributed by atoms with Crippen molar-refractivity contribution >= 4 is 28.4 Å². The molecular weight excluding hydrogens is 498 g/mol. The number of fused-ring (bicyclic) bond motifs is 2. The molecule has 4 aromatic rings. The number of nitrogens with zero attached hydrogens (tertiary/aromatic N) is 3. The van der Waals surface area contributed by atoms with Crippen LogP contribution in [0.4, 0.5) is 0 Å². The second kappa shape index (κ2) is 9.56. The van der Waals surface area contributed by atoms with Gasteiger partial charge in [0.25, 0.3) is 5.91 Å². The Balaban J connectivity index is 1.34. The lowest BCUT2D eigenvalue weighted by atomic mass is 9.58. The highest BCUT2D eigenvalue weighted by Crippen LogP contribution is 2.55. The Morgan fingerprint density at radius 1 is 0.925 bits per heavy atom. The molecule has 6 rings (SSSR count). The molecular formula is C34H31N3O3. The number of hydrogen-bond donors (Lipinski definition) is 1. The number of hydrogen-bond acceptors (Lipinski definition) is 4. The summed E-state index contributed by atoms with van der Waals surface area (Å²) in [6, 6.07) is 20.6. The van der Waals surface area contributed by atoms with E-state index in [1.54, 1.807) is 24.5 Å². The lowest BCUT2D eigenvalue weighted by Gasteiger charge is -2.50. The third-order valence-corrected chi connectivity index (χ3v) is 8.44. The van der Waals surface area contributed by atoms with E-state index >= 15 is 0 Å². The lowest BCUT2D eigenvalue weighted by Crippen LogP contribution is -2.48. The first kappa shape index (κ1) is 25.7. The zero-order valence-corrected chi connectivity index (χ0v) is 22.9. The minimum absolute atomic E-state index is 0.00268. The fraction of sp³-hybridized carbons (Fsp3) is 0.235. The summed E-state index contributed by atoms with van der Waals surface area (Å²) in [4.78, 5) is 36.5. The first-order valence-electron chi connectivity index (χ1n) is 13.5. The molecule has 0 fully saturated rings. The van der Waals surface area contributed by atoms with Crippen LogP contribution in [0.1, 0.15) is 53.5 Å². The Morgan fingerprint density at radius 3 is 2.42 bits per heavy atom. The molecule has 0 bridgehead atoms. The number of carboxylic acids is 1. The fourth-order valence-corrected chi connectivity index (χ4v) is 6.54. The van der Waals surface area contributed by atoms with Crippen molar-refractivity contribution in [2.75, 3.05) is 13.1 Å². The van der Waals surface area contributed by atoms with Crippen LogP contribution in [0.3, 0.4) is 0 Å². The van der Waals surface area contributed by atoms with Gasteiger partial charge in [-0.25, -0.2) is 9.78 Å². The monoisotopic (exact) mass is 529 g/mol. The molecule has 1 N–H and O–H groups in total. The number of para-hydroxylation sites is 1. The summed E-state index contributed by atoms with van der Waals surface area (Å²) in [5.74, 6) is -0.928. The topological polar surface area (TPSA) is 83.4 Å². The summed E-state index contributed by atoms with van der Waals surface area (Å²) >= 11 is 0. The summed E-state index contributed by atoms with van der Waals surface area (Å²) in [7, 11) is 0. The number of pyridine rings is 2. The van der Waals surface area contributed by atoms with Gasteiger partial charge in [-0.15, -0.1) is 0 Å². The summed E-state index contributed by atoms with van der Waals surface area (Å²) in [6.45, 7) is 7.83. The fourth-order valence-electron chi connectivity index (χ4n) is 6.54. The number of benzene rings is 2. The SMILES string of the molecule is CC1(C)C(c2ccc(C(=O)O)cc2)=CC[C@]2(C)CN(C(=O)c3cc(-c4cccnc4)nc4ccccc34)CC=C12. The third kappa shape index (κ3) is 4.30. The highest BCUT2D eigenvalue weighted by Gasteiger charge is 2.46. The molecule has 1 atom stereocenters. The average molecular weight is 530 g/mol. The standard InChI is InChI=1S/C34H31N3O3/c1-33(2)27(22-10-12-23(13-11-22)32(39)40)14-16-34(3)21-37(18-15-30(33)34)31(38)26-19-29(24-7-6-17-35-20-24)36-28-9-5-4-8-25(26)28/h4-15,17,19-20H,16,18,21H2,1-3H3,(H,39,40)/t34-/m1/s1. The molecule has 0 unspecified atom stereocenters. The molecule has 2 aromatic heterocycles. The van der Waals surface area contributed by atoms with E-state index in [1.807, 2.05) is 59.5 Å². The van der Waals surface area contributed by atoms with E-state index in [-0.39, 0.29) is 22.3 Å². The van der Waals surface area contributed by atoms with E-state index in [0.29, 0.717) is 18.7 Å².